The van der Waals surface area contributed by atoms with Crippen LogP contribution in [-0.4, -0.2) is 91.0 Å². The molecule has 8 nitrogen and oxygen atoms in total. The minimum atomic E-state index is -0.452. The van der Waals surface area contributed by atoms with Gasteiger partial charge in [-0.3, -0.25) is 9.89 Å². The molecule has 172 valence electrons. The Bertz CT molecular complexity index is 606. The maximum atomic E-state index is 12.6. The molecule has 0 spiro atoms. The lowest BCUT2D eigenvalue weighted by Gasteiger charge is -2.40. The van der Waals surface area contributed by atoms with E-state index in [-0.39, 0.29) is 18.2 Å². The number of aliphatic imine (C=N–C) groups is 1. The van der Waals surface area contributed by atoms with Crippen LogP contribution in [0.5, 0.6) is 0 Å². The van der Waals surface area contributed by atoms with Gasteiger partial charge >= 0.3 is 6.09 Å². The molecule has 3 heterocycles. The van der Waals surface area contributed by atoms with Gasteiger partial charge in [0.05, 0.1) is 13.2 Å². The maximum absolute atomic E-state index is 12.6. The molecule has 0 aromatic heterocycles. The molecular weight excluding hydrogens is 382 g/mol. The Labute approximate surface area is 181 Å². The molecule has 3 aliphatic rings. The smallest absolute Gasteiger partial charge is 0.410 e. The highest BCUT2D eigenvalue weighted by atomic mass is 16.6. The summed E-state index contributed by atoms with van der Waals surface area (Å²) in [5.74, 6) is 0.845. The van der Waals surface area contributed by atoms with Crippen LogP contribution in [0.25, 0.3) is 0 Å². The second-order valence-electron chi connectivity index (χ2n) is 10.0. The molecule has 0 aromatic carbocycles. The number of ether oxygens (including phenoxy) is 2. The summed E-state index contributed by atoms with van der Waals surface area (Å²) in [6.45, 7) is 13.7. The first-order valence-electron chi connectivity index (χ1n) is 11.5. The highest BCUT2D eigenvalue weighted by molar-refractivity contribution is 5.80. The van der Waals surface area contributed by atoms with Crippen LogP contribution < -0.4 is 10.6 Å². The maximum Gasteiger partial charge on any atom is 0.410 e. The standard InChI is InChI=1S/C22H41N5O3/c1-15(26-9-10-29-14-16(26)2)13-24-20(23-6)25-17-11-18-7-8-19(12-17)27(18)21(28)30-22(3,4)5/h15-19H,7-14H2,1-6H3,(H2,23,24,25). The van der Waals surface area contributed by atoms with Crippen molar-refractivity contribution in [1.82, 2.24) is 20.4 Å². The van der Waals surface area contributed by atoms with Gasteiger partial charge in [0.2, 0.25) is 0 Å². The first kappa shape index (κ1) is 23.1. The third-order valence-corrected chi connectivity index (χ3v) is 6.45. The number of hydrogen-bond acceptors (Lipinski definition) is 5. The van der Waals surface area contributed by atoms with E-state index in [9.17, 15) is 4.79 Å². The van der Waals surface area contributed by atoms with E-state index in [2.05, 4.69) is 34.4 Å². The zero-order chi connectivity index (χ0) is 21.9. The van der Waals surface area contributed by atoms with Crippen molar-refractivity contribution in [2.45, 2.75) is 96.1 Å². The molecular formula is C22H41N5O3. The average Bonchev–Trinajstić information content (AvgIpc) is 2.95. The number of morpholine rings is 1. The number of carbonyl (C=O) groups is 1. The molecule has 0 aromatic rings. The fourth-order valence-corrected chi connectivity index (χ4v) is 5.05. The summed E-state index contributed by atoms with van der Waals surface area (Å²) in [6, 6.07) is 1.68. The third-order valence-electron chi connectivity index (χ3n) is 6.45. The van der Waals surface area contributed by atoms with Crippen LogP contribution in [0.3, 0.4) is 0 Å². The number of nitrogens with one attached hydrogen (secondary N) is 2. The summed E-state index contributed by atoms with van der Waals surface area (Å²) in [5, 5.41) is 7.10. The Hall–Kier alpha value is -1.54. The molecule has 2 N–H and O–H groups in total. The van der Waals surface area contributed by atoms with Crippen molar-refractivity contribution in [3.8, 4) is 0 Å². The lowest BCUT2D eigenvalue weighted by Crippen LogP contribution is -2.56. The number of nitrogens with zero attached hydrogens (tertiary/aromatic N) is 3. The van der Waals surface area contributed by atoms with Crippen LogP contribution in [0, 0.1) is 0 Å². The van der Waals surface area contributed by atoms with Crippen molar-refractivity contribution < 1.29 is 14.3 Å². The lowest BCUT2D eigenvalue weighted by atomic mass is 9.98. The average molecular weight is 424 g/mol. The van der Waals surface area contributed by atoms with Crippen LogP contribution in [0.2, 0.25) is 0 Å². The van der Waals surface area contributed by atoms with E-state index in [4.69, 9.17) is 9.47 Å². The normalized spacial score (nSPS) is 31.4. The highest BCUT2D eigenvalue weighted by Crippen LogP contribution is 2.36. The van der Waals surface area contributed by atoms with E-state index in [1.807, 2.05) is 32.7 Å². The van der Waals surface area contributed by atoms with Gasteiger partial charge in [-0.2, -0.15) is 0 Å². The van der Waals surface area contributed by atoms with Crippen molar-refractivity contribution in [3.05, 3.63) is 0 Å². The van der Waals surface area contributed by atoms with Gasteiger partial charge in [-0.05, 0) is 60.3 Å². The number of rotatable bonds is 4. The van der Waals surface area contributed by atoms with Crippen LogP contribution in [0.1, 0.15) is 60.3 Å². The van der Waals surface area contributed by atoms with Gasteiger partial charge in [0.25, 0.3) is 0 Å². The van der Waals surface area contributed by atoms with Gasteiger partial charge < -0.3 is 25.0 Å². The molecule has 30 heavy (non-hydrogen) atoms. The number of hydrogen-bond donors (Lipinski definition) is 2. The van der Waals surface area contributed by atoms with Gasteiger partial charge in [-0.1, -0.05) is 0 Å². The van der Waals surface area contributed by atoms with Crippen molar-refractivity contribution in [1.29, 1.82) is 0 Å². The fraction of sp³-hybridized carbons (Fsp3) is 0.909. The molecule has 3 aliphatic heterocycles. The van der Waals surface area contributed by atoms with E-state index in [1.54, 1.807) is 0 Å². The SMILES string of the molecule is CN=C(NCC(C)N1CCOCC1C)NC1CC2CCC(C1)N2C(=O)OC(C)(C)C. The van der Waals surface area contributed by atoms with Crippen molar-refractivity contribution in [2.24, 2.45) is 4.99 Å². The molecule has 3 saturated heterocycles. The minimum Gasteiger partial charge on any atom is -0.444 e. The zero-order valence-corrected chi connectivity index (χ0v) is 19.6. The van der Waals surface area contributed by atoms with Crippen LogP contribution in [0.4, 0.5) is 4.79 Å². The summed E-state index contributed by atoms with van der Waals surface area (Å²) in [4.78, 5) is 21.6. The van der Waals surface area contributed by atoms with E-state index in [0.717, 1.165) is 57.9 Å². The van der Waals surface area contributed by atoms with Gasteiger partial charge in [0, 0.05) is 50.3 Å². The number of fused-ring (bicyclic) bond motifs is 2. The van der Waals surface area contributed by atoms with Gasteiger partial charge in [-0.15, -0.1) is 0 Å². The molecule has 0 aliphatic carbocycles. The number of guanidine groups is 1. The van der Waals surface area contributed by atoms with Crippen molar-refractivity contribution in [2.75, 3.05) is 33.4 Å². The van der Waals surface area contributed by atoms with Crippen LogP contribution in [-0.2, 0) is 9.47 Å². The molecule has 0 radical (unpaired) electrons. The topological polar surface area (TPSA) is 78.4 Å². The monoisotopic (exact) mass is 423 g/mol. The molecule has 1 amide bonds. The molecule has 3 rings (SSSR count). The van der Waals surface area contributed by atoms with E-state index in [1.165, 1.54) is 0 Å². The predicted molar refractivity (Wildman–Crippen MR) is 119 cm³/mol. The summed E-state index contributed by atoms with van der Waals surface area (Å²) < 4.78 is 11.2. The van der Waals surface area contributed by atoms with Gasteiger partial charge in [-0.25, -0.2) is 4.79 Å². The van der Waals surface area contributed by atoms with Crippen LogP contribution >= 0.6 is 0 Å². The first-order chi connectivity index (χ1) is 14.2. The molecule has 0 saturated carbocycles. The van der Waals surface area contributed by atoms with Crippen molar-refractivity contribution in [3.63, 3.8) is 0 Å². The fourth-order valence-electron chi connectivity index (χ4n) is 5.05. The third kappa shape index (κ3) is 5.78. The summed E-state index contributed by atoms with van der Waals surface area (Å²) in [5.41, 5.74) is -0.452. The van der Waals surface area contributed by atoms with E-state index >= 15 is 0 Å². The number of piperidine rings is 1. The molecule has 2 bridgehead atoms. The lowest BCUT2D eigenvalue weighted by molar-refractivity contribution is -0.0174. The summed E-state index contributed by atoms with van der Waals surface area (Å²) in [7, 11) is 1.82. The van der Waals surface area contributed by atoms with E-state index in [0.29, 0.717) is 18.1 Å². The second-order valence-corrected chi connectivity index (χ2v) is 10.0. The molecule has 3 fully saturated rings. The zero-order valence-electron chi connectivity index (χ0n) is 19.6. The van der Waals surface area contributed by atoms with Crippen molar-refractivity contribution >= 4 is 12.1 Å². The predicted octanol–water partition coefficient (Wildman–Crippen LogP) is 2.19. The Morgan fingerprint density at radius 2 is 1.93 bits per heavy atom. The largest absolute Gasteiger partial charge is 0.444 e. The summed E-state index contributed by atoms with van der Waals surface area (Å²) >= 11 is 0. The van der Waals surface area contributed by atoms with Crippen LogP contribution in [0.15, 0.2) is 4.99 Å². The molecule has 4 atom stereocenters. The Balaban J connectivity index is 1.49. The second kappa shape index (κ2) is 9.73. The first-order valence-corrected chi connectivity index (χ1v) is 11.5. The Kier molecular flexibility index (Phi) is 7.50. The molecule has 8 heteroatoms. The highest BCUT2D eigenvalue weighted by Gasteiger charge is 2.45. The van der Waals surface area contributed by atoms with E-state index < -0.39 is 5.60 Å². The molecule has 4 unspecified atom stereocenters. The Morgan fingerprint density at radius 1 is 1.27 bits per heavy atom. The summed E-state index contributed by atoms with van der Waals surface area (Å²) in [6.07, 6.45) is 3.82. The van der Waals surface area contributed by atoms with Gasteiger partial charge in [0.15, 0.2) is 5.96 Å². The number of carbonyl (C=O) groups excluding carboxylic acids is 1. The Morgan fingerprint density at radius 3 is 2.50 bits per heavy atom. The van der Waals surface area contributed by atoms with Gasteiger partial charge in [0.1, 0.15) is 5.60 Å². The number of amides is 1. The quantitative estimate of drug-likeness (QED) is 0.533. The minimum absolute atomic E-state index is 0.163.